The van der Waals surface area contributed by atoms with Crippen molar-refractivity contribution in [3.8, 4) is 0 Å². The molecule has 0 spiro atoms. The second kappa shape index (κ2) is 6.27. The minimum atomic E-state index is -0.185. The van der Waals surface area contributed by atoms with Crippen LogP contribution >= 0.6 is 0 Å². The number of benzene rings is 1. The van der Waals surface area contributed by atoms with Gasteiger partial charge in [-0.05, 0) is 31.7 Å². The topological polar surface area (TPSA) is 24.5 Å². The first-order valence-electron chi connectivity index (χ1n) is 6.44. The zero-order valence-electron chi connectivity index (χ0n) is 11.0. The Morgan fingerprint density at radius 2 is 2.39 bits per heavy atom. The normalized spacial score (nSPS) is 22.9. The minimum Gasteiger partial charge on any atom is -0.374 e. The number of hydrogen-bond donors (Lipinski definition) is 1. The number of likely N-dealkylation sites (N-methyl/N-ethyl adjacent to an activating group) is 1. The number of nitrogens with one attached hydrogen (secondary N) is 1. The monoisotopic (exact) mass is 252 g/mol. The maximum Gasteiger partial charge on any atom is 0.123 e. The second-order valence-corrected chi connectivity index (χ2v) is 4.94. The molecule has 1 aromatic carbocycles. The molecule has 18 heavy (non-hydrogen) atoms. The van der Waals surface area contributed by atoms with Crippen molar-refractivity contribution in [2.75, 3.05) is 33.3 Å². The number of nitrogens with zero attached hydrogens (tertiary/aromatic N) is 1. The van der Waals surface area contributed by atoms with Crippen LogP contribution in [0.4, 0.5) is 4.39 Å². The van der Waals surface area contributed by atoms with E-state index in [0.717, 1.165) is 31.8 Å². The fourth-order valence-electron chi connectivity index (χ4n) is 2.19. The van der Waals surface area contributed by atoms with Gasteiger partial charge >= 0.3 is 0 Å². The predicted molar refractivity (Wildman–Crippen MR) is 70.1 cm³/mol. The number of morpholine rings is 1. The van der Waals surface area contributed by atoms with Crippen molar-refractivity contribution >= 4 is 0 Å². The first-order chi connectivity index (χ1) is 8.65. The van der Waals surface area contributed by atoms with E-state index in [4.69, 9.17) is 4.74 Å². The predicted octanol–water partition coefficient (Wildman–Crippen LogP) is 1.81. The van der Waals surface area contributed by atoms with Crippen LogP contribution in [0.2, 0.25) is 0 Å². The van der Waals surface area contributed by atoms with Gasteiger partial charge in [-0.1, -0.05) is 12.1 Å². The van der Waals surface area contributed by atoms with Crippen LogP contribution in [0, 0.1) is 5.82 Å². The fraction of sp³-hybridized carbons (Fsp3) is 0.571. The molecule has 0 saturated carbocycles. The lowest BCUT2D eigenvalue weighted by Crippen LogP contribution is -2.45. The second-order valence-electron chi connectivity index (χ2n) is 4.94. The standard InChI is InChI=1S/C14H21FN2O/c1-11(12-4-3-5-13(15)8-12)16-9-14-10-17(2)6-7-18-14/h3-5,8,11,14,16H,6-7,9-10H2,1-2H3/t11-,14?/m0/s1. The molecule has 4 heteroatoms. The Labute approximate surface area is 108 Å². The maximum atomic E-state index is 13.1. The van der Waals surface area contributed by atoms with Crippen molar-refractivity contribution in [1.29, 1.82) is 0 Å². The summed E-state index contributed by atoms with van der Waals surface area (Å²) in [6, 6.07) is 6.86. The van der Waals surface area contributed by atoms with Crippen LogP contribution in [0.3, 0.4) is 0 Å². The molecule has 0 amide bonds. The lowest BCUT2D eigenvalue weighted by atomic mass is 10.1. The van der Waals surface area contributed by atoms with Crippen molar-refractivity contribution in [1.82, 2.24) is 10.2 Å². The van der Waals surface area contributed by atoms with Gasteiger partial charge in [0.2, 0.25) is 0 Å². The van der Waals surface area contributed by atoms with E-state index < -0.39 is 0 Å². The molecule has 2 atom stereocenters. The van der Waals surface area contributed by atoms with Crippen LogP contribution < -0.4 is 5.32 Å². The first-order valence-corrected chi connectivity index (χ1v) is 6.44. The Balaban J connectivity index is 1.82. The van der Waals surface area contributed by atoms with Gasteiger partial charge in [0.25, 0.3) is 0 Å². The Kier molecular flexibility index (Phi) is 4.69. The highest BCUT2D eigenvalue weighted by Crippen LogP contribution is 2.13. The van der Waals surface area contributed by atoms with E-state index in [2.05, 4.69) is 17.3 Å². The zero-order valence-corrected chi connectivity index (χ0v) is 11.0. The van der Waals surface area contributed by atoms with Crippen molar-refractivity contribution in [3.05, 3.63) is 35.6 Å². The summed E-state index contributed by atoms with van der Waals surface area (Å²) in [5.74, 6) is -0.185. The van der Waals surface area contributed by atoms with Crippen LogP contribution in [0.15, 0.2) is 24.3 Å². The third kappa shape index (κ3) is 3.77. The summed E-state index contributed by atoms with van der Waals surface area (Å²) in [6.45, 7) is 5.57. The van der Waals surface area contributed by atoms with E-state index in [0.29, 0.717) is 0 Å². The largest absolute Gasteiger partial charge is 0.374 e. The summed E-state index contributed by atoms with van der Waals surface area (Å²) in [7, 11) is 2.10. The molecular weight excluding hydrogens is 231 g/mol. The number of rotatable bonds is 4. The quantitative estimate of drug-likeness (QED) is 0.884. The molecule has 0 radical (unpaired) electrons. The van der Waals surface area contributed by atoms with Gasteiger partial charge in [0.1, 0.15) is 5.82 Å². The molecule has 0 aromatic heterocycles. The van der Waals surface area contributed by atoms with Crippen molar-refractivity contribution in [2.24, 2.45) is 0 Å². The van der Waals surface area contributed by atoms with E-state index in [-0.39, 0.29) is 18.0 Å². The molecule has 1 saturated heterocycles. The van der Waals surface area contributed by atoms with Gasteiger partial charge in [0.05, 0.1) is 12.7 Å². The molecule has 3 nitrogen and oxygen atoms in total. The molecule has 1 aliphatic rings. The Morgan fingerprint density at radius 1 is 1.56 bits per heavy atom. The highest BCUT2D eigenvalue weighted by Gasteiger charge is 2.18. The molecule has 0 bridgehead atoms. The molecule has 1 N–H and O–H groups in total. The lowest BCUT2D eigenvalue weighted by molar-refractivity contribution is -0.0190. The number of hydrogen-bond acceptors (Lipinski definition) is 3. The van der Waals surface area contributed by atoms with E-state index >= 15 is 0 Å². The van der Waals surface area contributed by atoms with Crippen LogP contribution in [0.1, 0.15) is 18.5 Å². The van der Waals surface area contributed by atoms with E-state index in [1.807, 2.05) is 13.0 Å². The van der Waals surface area contributed by atoms with Gasteiger partial charge in [0, 0.05) is 25.7 Å². The molecule has 1 aliphatic heterocycles. The van der Waals surface area contributed by atoms with E-state index in [1.165, 1.54) is 6.07 Å². The number of halogens is 1. The van der Waals surface area contributed by atoms with Gasteiger partial charge in [0.15, 0.2) is 0 Å². The van der Waals surface area contributed by atoms with Gasteiger partial charge < -0.3 is 15.0 Å². The molecule has 1 fully saturated rings. The third-order valence-corrected chi connectivity index (χ3v) is 3.34. The van der Waals surface area contributed by atoms with Crippen molar-refractivity contribution in [2.45, 2.75) is 19.1 Å². The Hall–Kier alpha value is -0.970. The van der Waals surface area contributed by atoms with Crippen LogP contribution in [-0.2, 0) is 4.74 Å². The first kappa shape index (κ1) is 13.5. The minimum absolute atomic E-state index is 0.136. The molecule has 2 rings (SSSR count). The summed E-state index contributed by atoms with van der Waals surface area (Å²) in [6.07, 6.45) is 0.222. The Morgan fingerprint density at radius 3 is 3.11 bits per heavy atom. The SMILES string of the molecule is C[C@H](NCC1CN(C)CCO1)c1cccc(F)c1. The van der Waals surface area contributed by atoms with E-state index in [1.54, 1.807) is 12.1 Å². The summed E-state index contributed by atoms with van der Waals surface area (Å²) >= 11 is 0. The average Bonchev–Trinajstić information content (AvgIpc) is 2.36. The van der Waals surface area contributed by atoms with E-state index in [9.17, 15) is 4.39 Å². The molecule has 1 unspecified atom stereocenters. The van der Waals surface area contributed by atoms with Gasteiger partial charge in [-0.3, -0.25) is 0 Å². The molecule has 1 aromatic rings. The van der Waals surface area contributed by atoms with Crippen LogP contribution in [-0.4, -0.2) is 44.3 Å². The highest BCUT2D eigenvalue weighted by molar-refractivity contribution is 5.19. The third-order valence-electron chi connectivity index (χ3n) is 3.34. The molecule has 0 aliphatic carbocycles. The average molecular weight is 252 g/mol. The fourth-order valence-corrected chi connectivity index (χ4v) is 2.19. The summed E-state index contributed by atoms with van der Waals surface area (Å²) < 4.78 is 18.8. The van der Waals surface area contributed by atoms with Crippen LogP contribution in [0.5, 0.6) is 0 Å². The molecular formula is C14H21FN2O. The van der Waals surface area contributed by atoms with Crippen LogP contribution in [0.25, 0.3) is 0 Å². The molecule has 1 heterocycles. The summed E-state index contributed by atoms with van der Waals surface area (Å²) in [5.41, 5.74) is 0.971. The number of ether oxygens (including phenoxy) is 1. The van der Waals surface area contributed by atoms with Gasteiger partial charge in [-0.2, -0.15) is 0 Å². The summed E-state index contributed by atoms with van der Waals surface area (Å²) in [4.78, 5) is 2.27. The van der Waals surface area contributed by atoms with Gasteiger partial charge in [-0.25, -0.2) is 4.39 Å². The molecule has 100 valence electrons. The highest BCUT2D eigenvalue weighted by atomic mass is 19.1. The zero-order chi connectivity index (χ0) is 13.0. The smallest absolute Gasteiger partial charge is 0.123 e. The lowest BCUT2D eigenvalue weighted by Gasteiger charge is -2.31. The summed E-state index contributed by atoms with van der Waals surface area (Å²) in [5, 5.41) is 3.40. The Bertz CT molecular complexity index is 386. The van der Waals surface area contributed by atoms with Crippen molar-refractivity contribution in [3.63, 3.8) is 0 Å². The van der Waals surface area contributed by atoms with Gasteiger partial charge in [-0.15, -0.1) is 0 Å². The van der Waals surface area contributed by atoms with Crippen molar-refractivity contribution < 1.29 is 9.13 Å². The maximum absolute atomic E-state index is 13.1.